The highest BCUT2D eigenvalue weighted by atomic mass is 79.9. The van der Waals surface area contributed by atoms with Crippen LogP contribution in [0.15, 0.2) is 4.42 Å². The summed E-state index contributed by atoms with van der Waals surface area (Å²) in [5, 5.41) is 3.75. The van der Waals surface area contributed by atoms with E-state index in [9.17, 15) is 4.79 Å². The number of rotatable bonds is 4. The molecule has 5 heteroatoms. The highest BCUT2D eigenvalue weighted by molar-refractivity contribution is 9.09. The van der Waals surface area contributed by atoms with Crippen molar-refractivity contribution in [1.29, 1.82) is 0 Å². The number of hydrogen-bond acceptors (Lipinski definition) is 3. The Morgan fingerprint density at radius 1 is 1.50 bits per heavy atom. The molecule has 2 unspecified atom stereocenters. The summed E-state index contributed by atoms with van der Waals surface area (Å²) in [7, 11) is 0. The first-order valence-corrected chi connectivity index (χ1v) is 6.38. The zero-order valence-electron chi connectivity index (χ0n) is 10.0. The van der Waals surface area contributed by atoms with Gasteiger partial charge in [-0.1, -0.05) is 22.9 Å². The number of hydrogen-bond donors (Lipinski definition) is 1. The summed E-state index contributed by atoms with van der Waals surface area (Å²) in [6.07, 6.45) is 0. The van der Waals surface area contributed by atoms with Crippen molar-refractivity contribution in [1.82, 2.24) is 10.3 Å². The molecule has 2 atom stereocenters. The van der Waals surface area contributed by atoms with Crippen molar-refractivity contribution in [2.75, 3.05) is 5.33 Å². The van der Waals surface area contributed by atoms with E-state index in [2.05, 4.69) is 33.2 Å². The largest absolute Gasteiger partial charge is 0.436 e. The van der Waals surface area contributed by atoms with E-state index in [1.54, 1.807) is 13.8 Å². The molecule has 0 fully saturated rings. The molecular formula is C11H17BrN2O2. The fourth-order valence-corrected chi connectivity index (χ4v) is 1.85. The van der Waals surface area contributed by atoms with E-state index in [-0.39, 0.29) is 11.9 Å². The lowest BCUT2D eigenvalue weighted by Crippen LogP contribution is -2.37. The molecule has 1 N–H and O–H groups in total. The summed E-state index contributed by atoms with van der Waals surface area (Å²) < 4.78 is 5.26. The molecule has 1 amide bonds. The van der Waals surface area contributed by atoms with Gasteiger partial charge in [0.2, 0.25) is 5.76 Å². The highest BCUT2D eigenvalue weighted by Gasteiger charge is 2.19. The molecule has 16 heavy (non-hydrogen) atoms. The predicted molar refractivity (Wildman–Crippen MR) is 65.9 cm³/mol. The number of oxazole rings is 1. The Hall–Kier alpha value is -0.840. The third-order valence-corrected chi connectivity index (χ3v) is 3.59. The number of aryl methyl sites for hydroxylation is 2. The van der Waals surface area contributed by atoms with Gasteiger partial charge in [-0.2, -0.15) is 0 Å². The minimum absolute atomic E-state index is 0.0941. The maximum absolute atomic E-state index is 11.8. The van der Waals surface area contributed by atoms with E-state index in [0.717, 1.165) is 5.33 Å². The Bertz CT molecular complexity index is 376. The molecule has 0 aliphatic heterocycles. The molecule has 0 bridgehead atoms. The Kier molecular flexibility index (Phi) is 4.53. The fraction of sp³-hybridized carbons (Fsp3) is 0.636. The molecule has 1 aromatic rings. The third-order valence-electron chi connectivity index (χ3n) is 2.57. The standard InChI is InChI=1S/C11H17BrN2O2/c1-6(5-12)7(2)14-11(15)10-8(3)13-9(4)16-10/h6-7H,5H2,1-4H3,(H,14,15). The van der Waals surface area contributed by atoms with Gasteiger partial charge in [0.15, 0.2) is 5.89 Å². The summed E-state index contributed by atoms with van der Waals surface area (Å²) in [6, 6.07) is 0.0941. The number of alkyl halides is 1. The number of aromatic nitrogens is 1. The quantitative estimate of drug-likeness (QED) is 0.866. The van der Waals surface area contributed by atoms with Gasteiger partial charge in [0.05, 0.1) is 5.69 Å². The molecule has 1 heterocycles. The predicted octanol–water partition coefficient (Wildman–Crippen LogP) is 2.44. The van der Waals surface area contributed by atoms with Crippen LogP contribution in [0, 0.1) is 19.8 Å². The lowest BCUT2D eigenvalue weighted by molar-refractivity contribution is 0.0901. The summed E-state index contributed by atoms with van der Waals surface area (Å²) in [4.78, 5) is 15.9. The van der Waals surface area contributed by atoms with Crippen LogP contribution in [0.2, 0.25) is 0 Å². The van der Waals surface area contributed by atoms with Crippen molar-refractivity contribution < 1.29 is 9.21 Å². The van der Waals surface area contributed by atoms with Gasteiger partial charge in [-0.05, 0) is 19.8 Å². The Morgan fingerprint density at radius 2 is 2.12 bits per heavy atom. The molecule has 0 saturated heterocycles. The van der Waals surface area contributed by atoms with Gasteiger partial charge < -0.3 is 9.73 Å². The third kappa shape index (κ3) is 3.07. The number of amides is 1. The van der Waals surface area contributed by atoms with Crippen molar-refractivity contribution in [3.8, 4) is 0 Å². The molecule has 0 saturated carbocycles. The SMILES string of the molecule is Cc1nc(C)c(C(=O)NC(C)C(C)CBr)o1. The Morgan fingerprint density at radius 3 is 2.56 bits per heavy atom. The average Bonchev–Trinajstić information content (AvgIpc) is 2.56. The zero-order chi connectivity index (χ0) is 12.3. The number of halogens is 1. The van der Waals surface area contributed by atoms with Gasteiger partial charge in [-0.15, -0.1) is 0 Å². The van der Waals surface area contributed by atoms with Gasteiger partial charge in [0.25, 0.3) is 5.91 Å². The topological polar surface area (TPSA) is 55.1 Å². The molecule has 0 aliphatic rings. The number of carbonyl (C=O) groups excluding carboxylic acids is 1. The fourth-order valence-electron chi connectivity index (χ4n) is 1.29. The minimum Gasteiger partial charge on any atom is -0.436 e. The first kappa shape index (κ1) is 13.2. The van der Waals surface area contributed by atoms with Gasteiger partial charge in [0.1, 0.15) is 0 Å². The van der Waals surface area contributed by atoms with E-state index in [0.29, 0.717) is 23.3 Å². The van der Waals surface area contributed by atoms with Crippen molar-refractivity contribution in [2.24, 2.45) is 5.92 Å². The minimum atomic E-state index is -0.196. The molecule has 0 radical (unpaired) electrons. The van der Waals surface area contributed by atoms with Crippen LogP contribution in [0.5, 0.6) is 0 Å². The van der Waals surface area contributed by atoms with E-state index in [1.807, 2.05) is 6.92 Å². The molecule has 0 spiro atoms. The van der Waals surface area contributed by atoms with Crippen molar-refractivity contribution in [3.05, 3.63) is 17.3 Å². The number of nitrogens with zero attached hydrogens (tertiary/aromatic N) is 1. The Balaban J connectivity index is 2.69. The van der Waals surface area contributed by atoms with Gasteiger partial charge >= 0.3 is 0 Å². The van der Waals surface area contributed by atoms with Crippen LogP contribution in [0.4, 0.5) is 0 Å². The van der Waals surface area contributed by atoms with Crippen molar-refractivity contribution in [2.45, 2.75) is 33.7 Å². The lowest BCUT2D eigenvalue weighted by atomic mass is 10.1. The van der Waals surface area contributed by atoms with Gasteiger partial charge in [-0.25, -0.2) is 4.98 Å². The monoisotopic (exact) mass is 288 g/mol. The average molecular weight is 289 g/mol. The first-order valence-electron chi connectivity index (χ1n) is 5.26. The second-order valence-corrected chi connectivity index (χ2v) is 4.69. The molecular weight excluding hydrogens is 272 g/mol. The summed E-state index contributed by atoms with van der Waals surface area (Å²) in [6.45, 7) is 7.54. The number of carbonyl (C=O) groups is 1. The molecule has 0 aliphatic carbocycles. The molecule has 0 aromatic carbocycles. The smallest absolute Gasteiger partial charge is 0.289 e. The van der Waals surface area contributed by atoms with Crippen LogP contribution >= 0.6 is 15.9 Å². The summed E-state index contributed by atoms with van der Waals surface area (Å²) in [5.74, 6) is 1.00. The van der Waals surface area contributed by atoms with Crippen molar-refractivity contribution in [3.63, 3.8) is 0 Å². The Labute approximate surface area is 104 Å². The molecule has 4 nitrogen and oxygen atoms in total. The molecule has 90 valence electrons. The first-order chi connectivity index (χ1) is 7.45. The maximum Gasteiger partial charge on any atom is 0.289 e. The van der Waals surface area contributed by atoms with Gasteiger partial charge in [-0.3, -0.25) is 4.79 Å². The van der Waals surface area contributed by atoms with Crippen LogP contribution in [0.25, 0.3) is 0 Å². The summed E-state index contributed by atoms with van der Waals surface area (Å²) in [5.41, 5.74) is 0.633. The normalized spacial score (nSPS) is 14.6. The summed E-state index contributed by atoms with van der Waals surface area (Å²) >= 11 is 3.39. The van der Waals surface area contributed by atoms with Crippen LogP contribution < -0.4 is 5.32 Å². The zero-order valence-corrected chi connectivity index (χ0v) is 11.6. The highest BCUT2D eigenvalue weighted by Crippen LogP contribution is 2.11. The lowest BCUT2D eigenvalue weighted by Gasteiger charge is -2.18. The van der Waals surface area contributed by atoms with Crippen LogP contribution in [-0.4, -0.2) is 22.3 Å². The number of nitrogens with one attached hydrogen (secondary N) is 1. The molecule has 1 rings (SSSR count). The van der Waals surface area contributed by atoms with Crippen LogP contribution in [0.1, 0.15) is 36.0 Å². The second kappa shape index (κ2) is 5.48. The van der Waals surface area contributed by atoms with E-state index < -0.39 is 0 Å². The second-order valence-electron chi connectivity index (χ2n) is 4.04. The van der Waals surface area contributed by atoms with Gasteiger partial charge in [0, 0.05) is 18.3 Å². The van der Waals surface area contributed by atoms with Crippen LogP contribution in [-0.2, 0) is 0 Å². The maximum atomic E-state index is 11.8. The van der Waals surface area contributed by atoms with E-state index in [4.69, 9.17) is 4.42 Å². The van der Waals surface area contributed by atoms with Crippen LogP contribution in [0.3, 0.4) is 0 Å². The van der Waals surface area contributed by atoms with E-state index in [1.165, 1.54) is 0 Å². The van der Waals surface area contributed by atoms with E-state index >= 15 is 0 Å². The molecule has 1 aromatic heterocycles. The van der Waals surface area contributed by atoms with Crippen molar-refractivity contribution >= 4 is 21.8 Å².